The number of rotatable bonds is 2. The zero-order valence-electron chi connectivity index (χ0n) is 10.5. The van der Waals surface area contributed by atoms with Gasteiger partial charge in [-0.2, -0.15) is 0 Å². The first-order valence-corrected chi connectivity index (χ1v) is 6.08. The number of benzene rings is 2. The Morgan fingerprint density at radius 2 is 1.74 bits per heavy atom. The van der Waals surface area contributed by atoms with Gasteiger partial charge in [-0.1, -0.05) is 36.4 Å². The number of hydrogen-bond donors (Lipinski definition) is 1. The zero-order chi connectivity index (χ0) is 13.4. The monoisotopic (exact) mass is 251 g/mol. The van der Waals surface area contributed by atoms with E-state index in [9.17, 15) is 9.90 Å². The Kier molecular flexibility index (Phi) is 2.60. The second-order valence-electron chi connectivity index (χ2n) is 4.52. The third-order valence-corrected chi connectivity index (χ3v) is 3.32. The number of carboxylic acid groups (broad SMARTS) is 1. The quantitative estimate of drug-likeness (QED) is 0.755. The lowest BCUT2D eigenvalue weighted by atomic mass is 10.2. The SMILES string of the molecule is Cc1ccccc1-n1cc(C(=O)O)c2ccccc21. The first-order valence-electron chi connectivity index (χ1n) is 6.08. The van der Waals surface area contributed by atoms with Crippen LogP contribution in [-0.2, 0) is 0 Å². The maximum atomic E-state index is 11.3. The Bertz CT molecular complexity index is 771. The van der Waals surface area contributed by atoms with Crippen LogP contribution in [0.1, 0.15) is 15.9 Å². The van der Waals surface area contributed by atoms with Gasteiger partial charge in [-0.25, -0.2) is 4.79 Å². The molecule has 19 heavy (non-hydrogen) atoms. The van der Waals surface area contributed by atoms with Gasteiger partial charge in [0.2, 0.25) is 0 Å². The van der Waals surface area contributed by atoms with Crippen molar-refractivity contribution in [1.29, 1.82) is 0 Å². The van der Waals surface area contributed by atoms with Crippen molar-refractivity contribution < 1.29 is 9.90 Å². The van der Waals surface area contributed by atoms with Crippen LogP contribution in [0.2, 0.25) is 0 Å². The molecule has 0 bridgehead atoms. The number of para-hydroxylation sites is 2. The van der Waals surface area contributed by atoms with Crippen molar-refractivity contribution in [3.05, 3.63) is 65.9 Å². The fourth-order valence-corrected chi connectivity index (χ4v) is 2.38. The molecule has 94 valence electrons. The van der Waals surface area contributed by atoms with E-state index in [1.807, 2.05) is 60.0 Å². The Balaban J connectivity index is 2.37. The molecule has 1 heterocycles. The summed E-state index contributed by atoms with van der Waals surface area (Å²) in [6.07, 6.45) is 1.69. The maximum absolute atomic E-state index is 11.3. The van der Waals surface area contributed by atoms with E-state index in [4.69, 9.17) is 0 Å². The van der Waals surface area contributed by atoms with Crippen LogP contribution < -0.4 is 0 Å². The molecule has 0 saturated heterocycles. The predicted molar refractivity (Wildman–Crippen MR) is 75.0 cm³/mol. The summed E-state index contributed by atoms with van der Waals surface area (Å²) in [5, 5.41) is 10.1. The van der Waals surface area contributed by atoms with E-state index >= 15 is 0 Å². The highest BCUT2D eigenvalue weighted by Crippen LogP contribution is 2.26. The van der Waals surface area contributed by atoms with Gasteiger partial charge < -0.3 is 9.67 Å². The van der Waals surface area contributed by atoms with E-state index in [-0.39, 0.29) is 0 Å². The summed E-state index contributed by atoms with van der Waals surface area (Å²) in [4.78, 5) is 11.3. The van der Waals surface area contributed by atoms with Gasteiger partial charge >= 0.3 is 5.97 Å². The van der Waals surface area contributed by atoms with Crippen LogP contribution in [-0.4, -0.2) is 15.6 Å². The van der Waals surface area contributed by atoms with Gasteiger partial charge in [-0.05, 0) is 24.6 Å². The number of aryl methyl sites for hydroxylation is 1. The van der Waals surface area contributed by atoms with Crippen LogP contribution in [0, 0.1) is 6.92 Å². The number of nitrogens with zero attached hydrogens (tertiary/aromatic N) is 1. The highest BCUT2D eigenvalue weighted by molar-refractivity contribution is 6.04. The molecule has 2 aromatic carbocycles. The molecule has 1 aromatic heterocycles. The topological polar surface area (TPSA) is 42.2 Å². The lowest BCUT2D eigenvalue weighted by Gasteiger charge is -2.08. The third-order valence-electron chi connectivity index (χ3n) is 3.32. The molecule has 0 aliphatic rings. The lowest BCUT2D eigenvalue weighted by molar-refractivity contribution is 0.0699. The third kappa shape index (κ3) is 1.80. The lowest BCUT2D eigenvalue weighted by Crippen LogP contribution is -1.96. The van der Waals surface area contributed by atoms with Gasteiger partial charge in [0.1, 0.15) is 0 Å². The van der Waals surface area contributed by atoms with Crippen molar-refractivity contribution in [2.24, 2.45) is 0 Å². The summed E-state index contributed by atoms with van der Waals surface area (Å²) in [6, 6.07) is 15.5. The van der Waals surface area contributed by atoms with Crippen molar-refractivity contribution in [1.82, 2.24) is 4.57 Å². The van der Waals surface area contributed by atoms with Gasteiger partial charge in [0.05, 0.1) is 11.1 Å². The summed E-state index contributed by atoms with van der Waals surface area (Å²) in [6.45, 7) is 2.02. The summed E-state index contributed by atoms with van der Waals surface area (Å²) < 4.78 is 1.94. The molecular weight excluding hydrogens is 238 g/mol. The van der Waals surface area contributed by atoms with E-state index in [1.165, 1.54) is 0 Å². The highest BCUT2D eigenvalue weighted by Gasteiger charge is 2.14. The minimum absolute atomic E-state index is 0.332. The molecule has 0 aliphatic heterocycles. The normalized spacial score (nSPS) is 10.8. The second-order valence-corrected chi connectivity index (χ2v) is 4.52. The Morgan fingerprint density at radius 1 is 1.05 bits per heavy atom. The van der Waals surface area contributed by atoms with Gasteiger partial charge in [-0.15, -0.1) is 0 Å². The summed E-state index contributed by atoms with van der Waals surface area (Å²) in [5.41, 5.74) is 3.36. The molecule has 0 unspecified atom stereocenters. The maximum Gasteiger partial charge on any atom is 0.337 e. The molecule has 3 aromatic rings. The van der Waals surface area contributed by atoms with Gasteiger partial charge in [0.15, 0.2) is 0 Å². The van der Waals surface area contributed by atoms with Crippen LogP contribution in [0.3, 0.4) is 0 Å². The number of aromatic nitrogens is 1. The molecule has 1 N–H and O–H groups in total. The van der Waals surface area contributed by atoms with Crippen LogP contribution in [0.5, 0.6) is 0 Å². The molecule has 3 rings (SSSR count). The van der Waals surface area contributed by atoms with E-state index in [2.05, 4.69) is 0 Å². The standard InChI is InChI=1S/C16H13NO2/c1-11-6-2-4-8-14(11)17-10-13(16(18)19)12-7-3-5-9-15(12)17/h2-10H,1H3,(H,18,19). The predicted octanol–water partition coefficient (Wildman–Crippen LogP) is 3.64. The molecule has 3 heteroatoms. The van der Waals surface area contributed by atoms with Crippen LogP contribution in [0.15, 0.2) is 54.7 Å². The number of hydrogen-bond acceptors (Lipinski definition) is 1. The highest BCUT2D eigenvalue weighted by atomic mass is 16.4. The fourth-order valence-electron chi connectivity index (χ4n) is 2.38. The largest absolute Gasteiger partial charge is 0.478 e. The Labute approximate surface area is 110 Å². The van der Waals surface area contributed by atoms with Crippen LogP contribution >= 0.6 is 0 Å². The van der Waals surface area contributed by atoms with Gasteiger partial charge in [-0.3, -0.25) is 0 Å². The van der Waals surface area contributed by atoms with Crippen molar-refractivity contribution in [2.45, 2.75) is 6.92 Å². The minimum atomic E-state index is -0.900. The average Bonchev–Trinajstić information content (AvgIpc) is 2.79. The van der Waals surface area contributed by atoms with Crippen molar-refractivity contribution >= 4 is 16.9 Å². The molecule has 0 saturated carbocycles. The molecule has 0 aliphatic carbocycles. The zero-order valence-corrected chi connectivity index (χ0v) is 10.5. The number of aromatic carboxylic acids is 1. The minimum Gasteiger partial charge on any atom is -0.478 e. The van der Waals surface area contributed by atoms with Crippen molar-refractivity contribution in [3.8, 4) is 5.69 Å². The van der Waals surface area contributed by atoms with E-state index in [0.29, 0.717) is 5.56 Å². The van der Waals surface area contributed by atoms with E-state index in [0.717, 1.165) is 22.2 Å². The molecule has 0 spiro atoms. The first-order chi connectivity index (χ1) is 9.18. The Morgan fingerprint density at radius 3 is 2.47 bits per heavy atom. The van der Waals surface area contributed by atoms with Crippen molar-refractivity contribution in [2.75, 3.05) is 0 Å². The van der Waals surface area contributed by atoms with Crippen molar-refractivity contribution in [3.63, 3.8) is 0 Å². The van der Waals surface area contributed by atoms with Crippen LogP contribution in [0.25, 0.3) is 16.6 Å². The number of fused-ring (bicyclic) bond motifs is 1. The molecule has 0 atom stereocenters. The smallest absolute Gasteiger partial charge is 0.337 e. The summed E-state index contributed by atoms with van der Waals surface area (Å²) in [7, 11) is 0. The Hall–Kier alpha value is -2.55. The number of carboxylic acids is 1. The second kappa shape index (κ2) is 4.28. The molecule has 0 amide bonds. The summed E-state index contributed by atoms with van der Waals surface area (Å²) in [5.74, 6) is -0.900. The average molecular weight is 251 g/mol. The molecular formula is C16H13NO2. The number of carbonyl (C=O) groups is 1. The molecule has 0 radical (unpaired) electrons. The van der Waals surface area contributed by atoms with Crippen LogP contribution in [0.4, 0.5) is 0 Å². The van der Waals surface area contributed by atoms with Gasteiger partial charge in [0, 0.05) is 17.3 Å². The molecule has 3 nitrogen and oxygen atoms in total. The first kappa shape index (κ1) is 11.5. The summed E-state index contributed by atoms with van der Waals surface area (Å²) >= 11 is 0. The van der Waals surface area contributed by atoms with E-state index < -0.39 is 5.97 Å². The van der Waals surface area contributed by atoms with E-state index in [1.54, 1.807) is 6.20 Å². The molecule has 0 fully saturated rings. The van der Waals surface area contributed by atoms with Gasteiger partial charge in [0.25, 0.3) is 0 Å². The fraction of sp³-hybridized carbons (Fsp3) is 0.0625.